The van der Waals surface area contributed by atoms with E-state index in [1.165, 1.54) is 11.3 Å². The van der Waals surface area contributed by atoms with Crippen LogP contribution in [0.5, 0.6) is 0 Å². The van der Waals surface area contributed by atoms with Crippen molar-refractivity contribution < 1.29 is 0 Å². The second kappa shape index (κ2) is 6.05. The molecule has 0 N–H and O–H groups in total. The van der Waals surface area contributed by atoms with Crippen molar-refractivity contribution in [2.24, 2.45) is 0 Å². The molecule has 22 heavy (non-hydrogen) atoms. The number of benzene rings is 1. The predicted molar refractivity (Wildman–Crippen MR) is 91.1 cm³/mol. The molecule has 2 aromatic rings. The quantitative estimate of drug-likeness (QED) is 0.736. The molecule has 0 saturated carbocycles. The van der Waals surface area contributed by atoms with Crippen LogP contribution in [0.1, 0.15) is 28.8 Å². The lowest BCUT2D eigenvalue weighted by atomic mass is 9.95. The van der Waals surface area contributed by atoms with Crippen LogP contribution in [-0.2, 0) is 0 Å². The smallest absolute Gasteiger partial charge is 0.0991 e. The lowest BCUT2D eigenvalue weighted by molar-refractivity contribution is 0.417. The monoisotopic (exact) mass is 289 g/mol. The summed E-state index contributed by atoms with van der Waals surface area (Å²) in [5, 5.41) is 9.20. The molecule has 0 atom stereocenters. The van der Waals surface area contributed by atoms with Crippen LogP contribution < -0.4 is 0 Å². The first kappa shape index (κ1) is 14.4. The molecule has 0 bridgehead atoms. The third-order valence-corrected chi connectivity index (χ3v) is 3.87. The van der Waals surface area contributed by atoms with Gasteiger partial charge in [-0.05, 0) is 62.0 Å². The molecule has 1 aliphatic heterocycles. The fourth-order valence-electron chi connectivity index (χ4n) is 2.74. The Balaban J connectivity index is 2.12. The van der Waals surface area contributed by atoms with Crippen LogP contribution in [0.2, 0.25) is 0 Å². The van der Waals surface area contributed by atoms with E-state index in [2.05, 4.69) is 66.3 Å². The van der Waals surface area contributed by atoms with Crippen molar-refractivity contribution in [1.29, 1.82) is 5.26 Å². The molecule has 2 heterocycles. The molecule has 0 radical (unpaired) electrons. The van der Waals surface area contributed by atoms with E-state index in [1.807, 2.05) is 18.2 Å². The highest BCUT2D eigenvalue weighted by molar-refractivity contribution is 5.88. The summed E-state index contributed by atoms with van der Waals surface area (Å²) < 4.78 is 2.13. The second-order valence-corrected chi connectivity index (χ2v) is 5.74. The second-order valence-electron chi connectivity index (χ2n) is 5.74. The Kier molecular flexibility index (Phi) is 3.95. The summed E-state index contributed by atoms with van der Waals surface area (Å²) in [5.41, 5.74) is 5.35. The van der Waals surface area contributed by atoms with Gasteiger partial charge in [0.15, 0.2) is 0 Å². The lowest BCUT2D eigenvalue weighted by Crippen LogP contribution is -2.12. The van der Waals surface area contributed by atoms with Crippen molar-refractivity contribution in [3.05, 3.63) is 65.0 Å². The number of hydrogen-bond donors (Lipinski definition) is 0. The third kappa shape index (κ3) is 2.74. The van der Waals surface area contributed by atoms with Crippen LogP contribution in [0, 0.1) is 11.3 Å². The molecule has 1 aliphatic rings. The van der Waals surface area contributed by atoms with Gasteiger partial charge in [0.25, 0.3) is 0 Å². The molecule has 110 valence electrons. The first-order chi connectivity index (χ1) is 10.7. The minimum absolute atomic E-state index is 0.700. The number of fused-ring (bicyclic) bond motifs is 2. The van der Waals surface area contributed by atoms with Crippen molar-refractivity contribution in [3.63, 3.8) is 0 Å². The number of nitriles is 1. The van der Waals surface area contributed by atoms with Crippen molar-refractivity contribution in [2.75, 3.05) is 20.6 Å². The lowest BCUT2D eigenvalue weighted by Gasteiger charge is -2.12. The fraction of sp³-hybridized carbons (Fsp3) is 0.211. The highest BCUT2D eigenvalue weighted by atomic mass is 15.0. The van der Waals surface area contributed by atoms with E-state index in [0.29, 0.717) is 5.56 Å². The van der Waals surface area contributed by atoms with Gasteiger partial charge >= 0.3 is 0 Å². The molecule has 0 saturated heterocycles. The number of aromatic nitrogens is 1. The van der Waals surface area contributed by atoms with Crippen LogP contribution in [-0.4, -0.2) is 30.1 Å². The van der Waals surface area contributed by atoms with E-state index in [4.69, 9.17) is 0 Å². The average molecular weight is 289 g/mol. The van der Waals surface area contributed by atoms with E-state index in [1.54, 1.807) is 0 Å². The number of hydrogen-bond acceptors (Lipinski definition) is 2. The predicted octanol–water partition coefficient (Wildman–Crippen LogP) is 3.68. The van der Waals surface area contributed by atoms with Gasteiger partial charge in [0.05, 0.1) is 17.3 Å². The van der Waals surface area contributed by atoms with Gasteiger partial charge in [0, 0.05) is 24.5 Å². The summed E-state index contributed by atoms with van der Waals surface area (Å²) in [6.45, 7) is 1.00. The molecule has 1 aromatic heterocycles. The van der Waals surface area contributed by atoms with Crippen LogP contribution in [0.4, 0.5) is 0 Å². The van der Waals surface area contributed by atoms with Crippen molar-refractivity contribution in [1.82, 2.24) is 9.47 Å². The summed E-state index contributed by atoms with van der Waals surface area (Å²) in [4.78, 5) is 2.18. The summed E-state index contributed by atoms with van der Waals surface area (Å²) in [5.74, 6) is 0. The molecular formula is C19H19N3. The summed E-state index contributed by atoms with van der Waals surface area (Å²) in [7, 11) is 4.16. The first-order valence-corrected chi connectivity index (χ1v) is 7.44. The minimum atomic E-state index is 0.700. The molecular weight excluding hydrogens is 270 g/mol. The molecule has 0 spiro atoms. The number of nitrogens with zero attached hydrogens (tertiary/aromatic N) is 3. The third-order valence-electron chi connectivity index (χ3n) is 3.87. The van der Waals surface area contributed by atoms with Crippen LogP contribution in [0.15, 0.2) is 42.6 Å². The van der Waals surface area contributed by atoms with Gasteiger partial charge < -0.3 is 9.47 Å². The molecule has 3 heteroatoms. The van der Waals surface area contributed by atoms with E-state index in [-0.39, 0.29) is 0 Å². The topological polar surface area (TPSA) is 32.0 Å². The maximum Gasteiger partial charge on any atom is 0.0991 e. The standard InChI is InChI=1S/C19H19N3/c1-21(2)10-3-5-17-18-13-15(14-20)7-8-16(18)9-12-22-11-4-6-19(17)22/h4-9,11-13H,3,10H2,1-2H3. The SMILES string of the molecule is CN(C)CCC=C1c2cc(C#N)ccc2C=Cn2cccc21. The van der Waals surface area contributed by atoms with E-state index in [9.17, 15) is 5.26 Å². The largest absolute Gasteiger partial charge is 0.323 e. The molecule has 0 unspecified atom stereocenters. The van der Waals surface area contributed by atoms with E-state index >= 15 is 0 Å². The average Bonchev–Trinajstić information content (AvgIpc) is 2.92. The molecule has 3 nitrogen and oxygen atoms in total. The van der Waals surface area contributed by atoms with Gasteiger partial charge in [-0.25, -0.2) is 0 Å². The van der Waals surface area contributed by atoms with Crippen LogP contribution >= 0.6 is 0 Å². The highest BCUT2D eigenvalue weighted by Gasteiger charge is 2.15. The zero-order chi connectivity index (χ0) is 15.5. The van der Waals surface area contributed by atoms with Crippen molar-refractivity contribution in [2.45, 2.75) is 6.42 Å². The first-order valence-electron chi connectivity index (χ1n) is 7.44. The Morgan fingerprint density at radius 3 is 2.91 bits per heavy atom. The number of rotatable bonds is 3. The minimum Gasteiger partial charge on any atom is -0.323 e. The molecule has 0 amide bonds. The zero-order valence-corrected chi connectivity index (χ0v) is 13.0. The Hall–Kier alpha value is -2.57. The normalized spacial score (nSPS) is 14.5. The van der Waals surface area contributed by atoms with Gasteiger partial charge in [-0.3, -0.25) is 0 Å². The van der Waals surface area contributed by atoms with Crippen LogP contribution in [0.3, 0.4) is 0 Å². The maximum atomic E-state index is 9.20. The molecule has 1 aromatic carbocycles. The van der Waals surface area contributed by atoms with Gasteiger partial charge in [0.2, 0.25) is 0 Å². The Morgan fingerprint density at radius 1 is 1.27 bits per heavy atom. The van der Waals surface area contributed by atoms with Crippen molar-refractivity contribution in [3.8, 4) is 6.07 Å². The highest BCUT2D eigenvalue weighted by Crippen LogP contribution is 2.32. The Labute approximate surface area is 131 Å². The molecule has 0 aliphatic carbocycles. The maximum absolute atomic E-state index is 9.20. The van der Waals surface area contributed by atoms with Gasteiger partial charge in [0.1, 0.15) is 0 Å². The fourth-order valence-corrected chi connectivity index (χ4v) is 2.74. The van der Waals surface area contributed by atoms with E-state index < -0.39 is 0 Å². The Bertz CT molecular complexity index is 785. The molecule has 0 fully saturated rings. The Morgan fingerprint density at radius 2 is 2.14 bits per heavy atom. The van der Waals surface area contributed by atoms with Crippen LogP contribution in [0.25, 0.3) is 17.8 Å². The van der Waals surface area contributed by atoms with E-state index in [0.717, 1.165) is 24.1 Å². The zero-order valence-electron chi connectivity index (χ0n) is 13.0. The van der Waals surface area contributed by atoms with Gasteiger partial charge in [-0.1, -0.05) is 12.1 Å². The van der Waals surface area contributed by atoms with Gasteiger partial charge in [-0.2, -0.15) is 5.26 Å². The van der Waals surface area contributed by atoms with Gasteiger partial charge in [-0.15, -0.1) is 0 Å². The summed E-state index contributed by atoms with van der Waals surface area (Å²) in [6, 6.07) is 12.3. The summed E-state index contributed by atoms with van der Waals surface area (Å²) in [6.07, 6.45) is 9.49. The molecule has 3 rings (SSSR count). The van der Waals surface area contributed by atoms with Crippen molar-refractivity contribution >= 4 is 17.8 Å². The summed E-state index contributed by atoms with van der Waals surface area (Å²) >= 11 is 0.